The second-order valence-electron chi connectivity index (χ2n) is 4.52. The number of hydrogen-bond donors (Lipinski definition) is 2. The number of benzene rings is 2. The minimum Gasteiger partial charge on any atom is -0.369 e. The molecule has 5 nitrogen and oxygen atoms in total. The molecule has 2 aromatic carbocycles. The molecule has 0 fully saturated rings. The highest BCUT2D eigenvalue weighted by Crippen LogP contribution is 2.26. The molecule has 0 bridgehead atoms. The largest absolute Gasteiger partial charge is 0.369 e. The van der Waals surface area contributed by atoms with E-state index in [9.17, 15) is 13.2 Å². The molecule has 0 unspecified atom stereocenters. The van der Waals surface area contributed by atoms with Gasteiger partial charge in [0.1, 0.15) is 4.90 Å². The number of carbonyl (C=O) groups excluding carboxylic acids is 1. The van der Waals surface area contributed by atoms with Crippen molar-refractivity contribution in [3.8, 4) is 0 Å². The fourth-order valence-corrected chi connectivity index (χ4v) is 3.61. The Morgan fingerprint density at radius 1 is 1.09 bits per heavy atom. The zero-order valence-electron chi connectivity index (χ0n) is 11.2. The van der Waals surface area contributed by atoms with Crippen LogP contribution < -0.4 is 10.5 Å². The molecule has 0 saturated carbocycles. The van der Waals surface area contributed by atoms with Crippen LogP contribution in [0.5, 0.6) is 0 Å². The quantitative estimate of drug-likeness (QED) is 0.860. The Balaban J connectivity index is 2.25. The Hall–Kier alpha value is -1.76. The number of amides is 1. The molecule has 0 saturated heterocycles. The smallest absolute Gasteiger partial charge is 0.263 e. The number of carbonyl (C=O) groups is 1. The van der Waals surface area contributed by atoms with Crippen LogP contribution in [0.1, 0.15) is 5.56 Å². The number of nitrogens with one attached hydrogen (secondary N) is 1. The second kappa shape index (κ2) is 6.56. The van der Waals surface area contributed by atoms with E-state index in [1.54, 1.807) is 12.1 Å². The molecular formula is C14H12Cl2N2O3S. The Kier molecular flexibility index (Phi) is 4.95. The molecule has 0 aromatic heterocycles. The molecule has 0 spiro atoms. The summed E-state index contributed by atoms with van der Waals surface area (Å²) in [6.07, 6.45) is 0.0904. The molecule has 8 heteroatoms. The van der Waals surface area contributed by atoms with Gasteiger partial charge in [0.05, 0.1) is 11.4 Å². The van der Waals surface area contributed by atoms with Gasteiger partial charge in [-0.05, 0) is 35.9 Å². The lowest BCUT2D eigenvalue weighted by Crippen LogP contribution is -2.15. The van der Waals surface area contributed by atoms with E-state index in [2.05, 4.69) is 4.72 Å². The summed E-state index contributed by atoms with van der Waals surface area (Å²) >= 11 is 11.7. The van der Waals surface area contributed by atoms with Crippen molar-refractivity contribution in [2.75, 3.05) is 4.72 Å². The average molecular weight is 359 g/mol. The van der Waals surface area contributed by atoms with E-state index in [4.69, 9.17) is 28.9 Å². The number of anilines is 1. The van der Waals surface area contributed by atoms with Crippen LogP contribution in [-0.4, -0.2) is 14.3 Å². The van der Waals surface area contributed by atoms with Crippen molar-refractivity contribution in [2.45, 2.75) is 11.3 Å². The maximum Gasteiger partial charge on any atom is 0.263 e. The first-order valence-corrected chi connectivity index (χ1v) is 8.37. The summed E-state index contributed by atoms with van der Waals surface area (Å²) in [7, 11) is -3.86. The monoisotopic (exact) mass is 358 g/mol. The molecule has 2 aromatic rings. The Labute approximate surface area is 138 Å². The van der Waals surface area contributed by atoms with Gasteiger partial charge in [0, 0.05) is 10.7 Å². The van der Waals surface area contributed by atoms with Gasteiger partial charge >= 0.3 is 0 Å². The Morgan fingerprint density at radius 3 is 2.32 bits per heavy atom. The third kappa shape index (κ3) is 4.13. The van der Waals surface area contributed by atoms with Gasteiger partial charge in [-0.1, -0.05) is 35.3 Å². The maximum atomic E-state index is 12.3. The molecule has 3 N–H and O–H groups in total. The van der Waals surface area contributed by atoms with Crippen LogP contribution in [0.15, 0.2) is 47.4 Å². The molecule has 22 heavy (non-hydrogen) atoms. The predicted molar refractivity (Wildman–Crippen MR) is 86.6 cm³/mol. The first-order valence-electron chi connectivity index (χ1n) is 6.13. The van der Waals surface area contributed by atoms with Crippen LogP contribution in [0.2, 0.25) is 10.0 Å². The first kappa shape index (κ1) is 16.6. The summed E-state index contributed by atoms with van der Waals surface area (Å²) in [4.78, 5) is 10.7. The van der Waals surface area contributed by atoms with Crippen LogP contribution in [0.4, 0.5) is 5.69 Å². The van der Waals surface area contributed by atoms with Crippen molar-refractivity contribution in [2.24, 2.45) is 5.73 Å². The zero-order valence-corrected chi connectivity index (χ0v) is 13.5. The van der Waals surface area contributed by atoms with Gasteiger partial charge in [-0.2, -0.15) is 0 Å². The van der Waals surface area contributed by atoms with E-state index in [0.29, 0.717) is 11.3 Å². The summed E-state index contributed by atoms with van der Waals surface area (Å²) in [5.74, 6) is -0.459. The number of rotatable bonds is 5. The lowest BCUT2D eigenvalue weighted by Gasteiger charge is -2.10. The van der Waals surface area contributed by atoms with E-state index in [1.807, 2.05) is 0 Å². The lowest BCUT2D eigenvalue weighted by molar-refractivity contribution is -0.117. The van der Waals surface area contributed by atoms with Crippen molar-refractivity contribution in [1.82, 2.24) is 0 Å². The van der Waals surface area contributed by atoms with Crippen molar-refractivity contribution < 1.29 is 13.2 Å². The van der Waals surface area contributed by atoms with Crippen LogP contribution in [-0.2, 0) is 21.2 Å². The number of nitrogens with two attached hydrogens (primary N) is 1. The van der Waals surface area contributed by atoms with Crippen molar-refractivity contribution in [3.63, 3.8) is 0 Å². The molecule has 0 atom stereocenters. The van der Waals surface area contributed by atoms with E-state index in [-0.39, 0.29) is 21.4 Å². The van der Waals surface area contributed by atoms with Crippen molar-refractivity contribution in [3.05, 3.63) is 58.1 Å². The summed E-state index contributed by atoms with van der Waals surface area (Å²) in [5, 5.41) is 0.337. The maximum absolute atomic E-state index is 12.3. The second-order valence-corrected chi connectivity index (χ2v) is 7.01. The fourth-order valence-electron chi connectivity index (χ4n) is 1.79. The Bertz CT molecular complexity index is 805. The summed E-state index contributed by atoms with van der Waals surface area (Å²) in [6.45, 7) is 0. The van der Waals surface area contributed by atoms with Gasteiger partial charge in [0.15, 0.2) is 0 Å². The minimum absolute atomic E-state index is 0.0715. The highest BCUT2D eigenvalue weighted by Gasteiger charge is 2.18. The van der Waals surface area contributed by atoms with Crippen LogP contribution in [0, 0.1) is 0 Å². The van der Waals surface area contributed by atoms with Gasteiger partial charge in [-0.15, -0.1) is 0 Å². The molecule has 116 valence electrons. The number of hydrogen-bond acceptors (Lipinski definition) is 3. The zero-order chi connectivity index (χ0) is 16.3. The number of primary amides is 1. The molecule has 0 aliphatic rings. The molecule has 1 amide bonds. The van der Waals surface area contributed by atoms with Gasteiger partial charge in [0.25, 0.3) is 10.0 Å². The number of sulfonamides is 1. The molecule has 0 aliphatic heterocycles. The molecule has 0 heterocycles. The highest BCUT2D eigenvalue weighted by atomic mass is 35.5. The minimum atomic E-state index is -3.86. The van der Waals surface area contributed by atoms with E-state index < -0.39 is 15.9 Å². The van der Waals surface area contributed by atoms with Crippen molar-refractivity contribution >= 4 is 44.8 Å². The van der Waals surface area contributed by atoms with Gasteiger partial charge in [-0.25, -0.2) is 8.42 Å². The topological polar surface area (TPSA) is 89.3 Å². The SMILES string of the molecule is NC(=O)Cc1ccc(NS(=O)(=O)c2cc(Cl)ccc2Cl)cc1. The third-order valence-corrected chi connectivity index (χ3v) is 4.87. The average Bonchev–Trinajstić information content (AvgIpc) is 2.43. The number of halogens is 2. The summed E-state index contributed by atoms with van der Waals surface area (Å²) in [5.41, 5.74) is 6.12. The first-order chi connectivity index (χ1) is 10.3. The predicted octanol–water partition coefficient (Wildman–Crippen LogP) is 2.82. The van der Waals surface area contributed by atoms with E-state index in [1.165, 1.54) is 30.3 Å². The van der Waals surface area contributed by atoms with Crippen LogP contribution in [0.25, 0.3) is 0 Å². The molecule has 0 aliphatic carbocycles. The summed E-state index contributed by atoms with van der Waals surface area (Å²) < 4.78 is 27.0. The van der Waals surface area contributed by atoms with Crippen molar-refractivity contribution in [1.29, 1.82) is 0 Å². The van der Waals surface area contributed by atoms with Crippen LogP contribution in [0.3, 0.4) is 0 Å². The third-order valence-electron chi connectivity index (χ3n) is 2.77. The standard InChI is InChI=1S/C14H12Cl2N2O3S/c15-10-3-6-12(16)13(8-10)22(20,21)18-11-4-1-9(2-5-11)7-14(17)19/h1-6,8,18H,7H2,(H2,17,19). The normalized spacial score (nSPS) is 11.2. The van der Waals surface area contributed by atoms with E-state index in [0.717, 1.165) is 0 Å². The van der Waals surface area contributed by atoms with Gasteiger partial charge in [-0.3, -0.25) is 9.52 Å². The van der Waals surface area contributed by atoms with Gasteiger partial charge < -0.3 is 5.73 Å². The Morgan fingerprint density at radius 2 is 1.73 bits per heavy atom. The van der Waals surface area contributed by atoms with E-state index >= 15 is 0 Å². The van der Waals surface area contributed by atoms with Crippen LogP contribution >= 0.6 is 23.2 Å². The molecular weight excluding hydrogens is 347 g/mol. The van der Waals surface area contributed by atoms with Gasteiger partial charge in [0.2, 0.25) is 5.91 Å². The molecule has 0 radical (unpaired) electrons. The lowest BCUT2D eigenvalue weighted by atomic mass is 10.1. The highest BCUT2D eigenvalue weighted by molar-refractivity contribution is 7.92. The summed E-state index contributed by atoms with van der Waals surface area (Å²) in [6, 6.07) is 10.5. The molecule has 2 rings (SSSR count). The fraction of sp³-hybridized carbons (Fsp3) is 0.0714.